The second kappa shape index (κ2) is 6.79. The molecule has 0 aliphatic rings. The Morgan fingerprint density at radius 1 is 1.05 bits per heavy atom. The molecule has 1 rings (SSSR count). The van der Waals surface area contributed by atoms with Crippen LogP contribution in [0.25, 0.3) is 0 Å². The number of hydrogen-bond donors (Lipinski definition) is 1. The Morgan fingerprint density at radius 2 is 1.50 bits per heavy atom. The summed E-state index contributed by atoms with van der Waals surface area (Å²) in [5, 5.41) is 9.20. The lowest BCUT2D eigenvalue weighted by molar-refractivity contribution is -0.177. The molecule has 0 amide bonds. The van der Waals surface area contributed by atoms with E-state index < -0.39 is 17.5 Å². The van der Waals surface area contributed by atoms with Gasteiger partial charge in [0.05, 0.1) is 13.2 Å². The van der Waals surface area contributed by atoms with Gasteiger partial charge in [-0.2, -0.15) is 0 Å². The van der Waals surface area contributed by atoms with Gasteiger partial charge < -0.3 is 19.3 Å². The molecule has 0 unspecified atom stereocenters. The quantitative estimate of drug-likeness (QED) is 0.631. The van der Waals surface area contributed by atoms with Crippen LogP contribution in [-0.4, -0.2) is 35.9 Å². The zero-order valence-corrected chi connectivity index (χ0v) is 11.7. The van der Waals surface area contributed by atoms with E-state index in [1.807, 2.05) is 0 Å². The maximum Gasteiger partial charge on any atom is 0.362 e. The molecule has 1 N–H and O–H groups in total. The van der Waals surface area contributed by atoms with Gasteiger partial charge in [0, 0.05) is 0 Å². The van der Waals surface area contributed by atoms with Crippen molar-refractivity contribution in [1.82, 2.24) is 0 Å². The van der Waals surface area contributed by atoms with E-state index in [4.69, 9.17) is 14.2 Å². The second-order valence-electron chi connectivity index (χ2n) is 4.07. The number of carbonyl (C=O) groups is 2. The third-order valence-corrected chi connectivity index (χ3v) is 2.49. The van der Waals surface area contributed by atoms with Crippen LogP contribution in [0.4, 0.5) is 0 Å². The van der Waals surface area contributed by atoms with Crippen molar-refractivity contribution in [3.63, 3.8) is 0 Å². The first-order valence-corrected chi connectivity index (χ1v) is 6.26. The highest BCUT2D eigenvalue weighted by molar-refractivity contribution is 6.03. The molecule has 0 bridgehead atoms. The van der Waals surface area contributed by atoms with Gasteiger partial charge in [0.1, 0.15) is 11.5 Å². The molecule has 0 aromatic heterocycles. The van der Waals surface area contributed by atoms with E-state index in [9.17, 15) is 14.7 Å². The Bertz CT molecular complexity index is 447. The minimum Gasteiger partial charge on any atom is -0.508 e. The zero-order chi connectivity index (χ0) is 15.2. The van der Waals surface area contributed by atoms with Gasteiger partial charge in [0.2, 0.25) is 0 Å². The van der Waals surface area contributed by atoms with Crippen molar-refractivity contribution in [3.05, 3.63) is 24.3 Å². The molecular weight excluding hydrogens is 264 g/mol. The molecule has 1 aromatic carbocycles. The maximum absolute atomic E-state index is 12.0. The zero-order valence-electron chi connectivity index (χ0n) is 11.7. The molecule has 6 nitrogen and oxygen atoms in total. The third kappa shape index (κ3) is 3.63. The number of hydrogen-bond acceptors (Lipinski definition) is 6. The van der Waals surface area contributed by atoms with Crippen LogP contribution in [0.5, 0.6) is 11.5 Å². The Hall–Kier alpha value is -2.24. The summed E-state index contributed by atoms with van der Waals surface area (Å²) in [5.74, 6) is -1.37. The summed E-state index contributed by atoms with van der Waals surface area (Å²) >= 11 is 0. The maximum atomic E-state index is 12.0. The second-order valence-corrected chi connectivity index (χ2v) is 4.07. The number of phenols is 1. The van der Waals surface area contributed by atoms with Crippen LogP contribution in [-0.2, 0) is 19.1 Å². The van der Waals surface area contributed by atoms with Crippen LogP contribution in [0.15, 0.2) is 24.3 Å². The Morgan fingerprint density at radius 3 is 1.90 bits per heavy atom. The fourth-order valence-electron chi connectivity index (χ4n) is 1.45. The van der Waals surface area contributed by atoms with Gasteiger partial charge in [-0.15, -0.1) is 0 Å². The summed E-state index contributed by atoms with van der Waals surface area (Å²) in [7, 11) is 0. The predicted octanol–water partition coefficient (Wildman–Crippen LogP) is 1.66. The predicted molar refractivity (Wildman–Crippen MR) is 70.4 cm³/mol. The van der Waals surface area contributed by atoms with E-state index in [0.29, 0.717) is 0 Å². The van der Waals surface area contributed by atoms with Crippen molar-refractivity contribution in [1.29, 1.82) is 0 Å². The summed E-state index contributed by atoms with van der Waals surface area (Å²) < 4.78 is 15.1. The van der Waals surface area contributed by atoms with Gasteiger partial charge in [0.15, 0.2) is 0 Å². The molecule has 0 aliphatic carbocycles. The van der Waals surface area contributed by atoms with Crippen molar-refractivity contribution in [3.8, 4) is 11.5 Å². The minimum atomic E-state index is -1.89. The molecule has 0 spiro atoms. The first-order valence-electron chi connectivity index (χ1n) is 6.26. The van der Waals surface area contributed by atoms with Crippen molar-refractivity contribution in [2.45, 2.75) is 26.4 Å². The monoisotopic (exact) mass is 282 g/mol. The number of phenolic OH excluding ortho intramolecular Hbond substituents is 1. The lowest BCUT2D eigenvalue weighted by atomic mass is 10.1. The van der Waals surface area contributed by atoms with Crippen LogP contribution < -0.4 is 4.74 Å². The van der Waals surface area contributed by atoms with Crippen LogP contribution >= 0.6 is 0 Å². The molecule has 0 radical (unpaired) electrons. The molecule has 0 fully saturated rings. The number of esters is 2. The van der Waals surface area contributed by atoms with Crippen molar-refractivity contribution in [2.75, 3.05) is 13.2 Å². The molecule has 6 heteroatoms. The Kier molecular flexibility index (Phi) is 5.37. The van der Waals surface area contributed by atoms with Crippen molar-refractivity contribution >= 4 is 11.9 Å². The Balaban J connectivity index is 3.00. The largest absolute Gasteiger partial charge is 0.508 e. The number of aromatic hydroxyl groups is 1. The van der Waals surface area contributed by atoms with Gasteiger partial charge in [-0.1, -0.05) is 0 Å². The number of ether oxygens (including phenoxy) is 3. The van der Waals surface area contributed by atoms with Crippen molar-refractivity contribution < 1.29 is 28.9 Å². The van der Waals surface area contributed by atoms with Crippen LogP contribution in [0.2, 0.25) is 0 Å². The fraction of sp³-hybridized carbons (Fsp3) is 0.429. The molecule has 0 heterocycles. The minimum absolute atomic E-state index is 0.0475. The molecule has 0 aliphatic heterocycles. The van der Waals surface area contributed by atoms with E-state index in [-0.39, 0.29) is 24.7 Å². The van der Waals surface area contributed by atoms with Crippen LogP contribution in [0.3, 0.4) is 0 Å². The van der Waals surface area contributed by atoms with Crippen molar-refractivity contribution in [2.24, 2.45) is 0 Å². The van der Waals surface area contributed by atoms with Gasteiger partial charge in [-0.25, -0.2) is 9.59 Å². The lowest BCUT2D eigenvalue weighted by Crippen LogP contribution is -2.51. The standard InChI is InChI=1S/C14H18O6/c1-4-18-12(16)14(3,13(17)19-5-2)20-11-8-6-10(15)7-9-11/h6-9,15H,4-5H2,1-3H3. The van der Waals surface area contributed by atoms with Crippen LogP contribution in [0.1, 0.15) is 20.8 Å². The highest BCUT2D eigenvalue weighted by Crippen LogP contribution is 2.23. The van der Waals surface area contributed by atoms with Gasteiger partial charge in [-0.3, -0.25) is 0 Å². The third-order valence-electron chi connectivity index (χ3n) is 2.49. The average Bonchev–Trinajstić information content (AvgIpc) is 2.41. The lowest BCUT2D eigenvalue weighted by Gasteiger charge is -2.26. The average molecular weight is 282 g/mol. The molecule has 1 aromatic rings. The fourth-order valence-corrected chi connectivity index (χ4v) is 1.45. The van der Waals surface area contributed by atoms with E-state index in [2.05, 4.69) is 0 Å². The summed E-state index contributed by atoms with van der Waals surface area (Å²) in [6, 6.07) is 5.64. The molecule has 110 valence electrons. The number of rotatable bonds is 6. The van der Waals surface area contributed by atoms with E-state index in [0.717, 1.165) is 0 Å². The Labute approximate surface area is 117 Å². The highest BCUT2D eigenvalue weighted by atomic mass is 16.6. The first-order chi connectivity index (χ1) is 9.43. The van der Waals surface area contributed by atoms with E-state index in [1.165, 1.54) is 31.2 Å². The van der Waals surface area contributed by atoms with Gasteiger partial charge >= 0.3 is 11.9 Å². The number of benzene rings is 1. The summed E-state index contributed by atoms with van der Waals surface area (Å²) in [6.07, 6.45) is 0. The summed E-state index contributed by atoms with van der Waals surface area (Å²) in [5.41, 5.74) is -1.89. The highest BCUT2D eigenvalue weighted by Gasteiger charge is 2.47. The summed E-state index contributed by atoms with van der Waals surface area (Å²) in [6.45, 7) is 4.78. The molecule has 20 heavy (non-hydrogen) atoms. The summed E-state index contributed by atoms with van der Waals surface area (Å²) in [4.78, 5) is 23.9. The van der Waals surface area contributed by atoms with E-state index >= 15 is 0 Å². The normalized spacial score (nSPS) is 10.8. The van der Waals surface area contributed by atoms with Gasteiger partial charge in [0.25, 0.3) is 5.60 Å². The topological polar surface area (TPSA) is 82.1 Å². The number of carbonyl (C=O) groups excluding carboxylic acids is 2. The smallest absolute Gasteiger partial charge is 0.362 e. The molecule has 0 atom stereocenters. The molecule has 0 saturated heterocycles. The van der Waals surface area contributed by atoms with E-state index in [1.54, 1.807) is 13.8 Å². The van der Waals surface area contributed by atoms with Gasteiger partial charge in [-0.05, 0) is 45.0 Å². The first kappa shape index (κ1) is 15.8. The van der Waals surface area contributed by atoms with Crippen LogP contribution in [0, 0.1) is 0 Å². The SMILES string of the molecule is CCOC(=O)C(C)(Oc1ccc(O)cc1)C(=O)OCC. The molecular formula is C14H18O6. The molecule has 0 saturated carbocycles.